The molecule has 148 valence electrons. The molecule has 2 amide bonds. The number of piperidine rings is 1. The second-order valence-electron chi connectivity index (χ2n) is 6.79. The predicted octanol–water partition coefficient (Wildman–Crippen LogP) is 2.79. The lowest BCUT2D eigenvalue weighted by Crippen LogP contribution is -2.48. The fourth-order valence-electron chi connectivity index (χ4n) is 3.34. The number of carbonyl (C=O) groups is 2. The van der Waals surface area contributed by atoms with Gasteiger partial charge < -0.3 is 19.9 Å². The van der Waals surface area contributed by atoms with Crippen LogP contribution < -0.4 is 15.0 Å². The molecule has 1 N–H and O–H groups in total. The monoisotopic (exact) mass is 385 g/mol. The largest absolute Gasteiger partial charge is 0.479 e. The highest BCUT2D eigenvalue weighted by atomic mass is 19.4. The molecule has 9 heteroatoms. The van der Waals surface area contributed by atoms with Gasteiger partial charge in [0, 0.05) is 18.8 Å². The smallest absolute Gasteiger partial charge is 0.471 e. The van der Waals surface area contributed by atoms with E-state index in [1.54, 1.807) is 6.92 Å². The van der Waals surface area contributed by atoms with Gasteiger partial charge in [0.2, 0.25) is 0 Å². The van der Waals surface area contributed by atoms with Crippen LogP contribution in [-0.2, 0) is 9.59 Å². The quantitative estimate of drug-likeness (QED) is 0.866. The molecule has 0 spiro atoms. The molecule has 1 atom stereocenters. The van der Waals surface area contributed by atoms with Crippen LogP contribution in [0.25, 0.3) is 0 Å². The highest BCUT2D eigenvalue weighted by Gasteiger charge is 2.39. The molecule has 6 nitrogen and oxygen atoms in total. The van der Waals surface area contributed by atoms with Crippen LogP contribution in [0.3, 0.4) is 0 Å². The zero-order valence-corrected chi connectivity index (χ0v) is 15.0. The number of likely N-dealkylation sites (tertiary alicyclic amines) is 1. The van der Waals surface area contributed by atoms with Crippen LogP contribution >= 0.6 is 0 Å². The number of alkyl halides is 3. The molecule has 0 aromatic heterocycles. The van der Waals surface area contributed by atoms with Gasteiger partial charge in [-0.05, 0) is 51.1 Å². The van der Waals surface area contributed by atoms with Crippen LogP contribution in [0.15, 0.2) is 18.2 Å². The molecular formula is C18H22F3N3O3. The molecule has 2 heterocycles. The molecule has 1 fully saturated rings. The van der Waals surface area contributed by atoms with Gasteiger partial charge in [-0.2, -0.15) is 13.2 Å². The molecule has 2 aliphatic rings. The zero-order chi connectivity index (χ0) is 19.6. The second kappa shape index (κ2) is 7.75. The number of rotatable bonds is 4. The van der Waals surface area contributed by atoms with E-state index >= 15 is 0 Å². The minimum absolute atomic E-state index is 0.0370. The van der Waals surface area contributed by atoms with Crippen molar-refractivity contribution in [2.24, 2.45) is 0 Å². The Morgan fingerprint density at radius 3 is 2.59 bits per heavy atom. The summed E-state index contributed by atoms with van der Waals surface area (Å²) in [7, 11) is 0. The van der Waals surface area contributed by atoms with E-state index in [9.17, 15) is 22.8 Å². The molecule has 1 unspecified atom stereocenters. The van der Waals surface area contributed by atoms with Crippen molar-refractivity contribution in [1.29, 1.82) is 0 Å². The summed E-state index contributed by atoms with van der Waals surface area (Å²) in [4.78, 5) is 27.5. The van der Waals surface area contributed by atoms with Gasteiger partial charge in [0.1, 0.15) is 5.75 Å². The Balaban J connectivity index is 1.79. The Morgan fingerprint density at radius 1 is 1.22 bits per heavy atom. The van der Waals surface area contributed by atoms with E-state index in [0.29, 0.717) is 24.5 Å². The highest BCUT2D eigenvalue weighted by Crippen LogP contribution is 2.36. The number of anilines is 2. The van der Waals surface area contributed by atoms with Crippen molar-refractivity contribution < 1.29 is 27.5 Å². The van der Waals surface area contributed by atoms with Crippen LogP contribution in [-0.4, -0.2) is 55.2 Å². The van der Waals surface area contributed by atoms with Crippen molar-refractivity contribution in [3.63, 3.8) is 0 Å². The van der Waals surface area contributed by atoms with E-state index in [1.807, 2.05) is 5.32 Å². The number of benzene rings is 1. The Labute approximate surface area is 155 Å². The van der Waals surface area contributed by atoms with Gasteiger partial charge in [-0.3, -0.25) is 9.59 Å². The summed E-state index contributed by atoms with van der Waals surface area (Å²) >= 11 is 0. The normalized spacial score (nSPS) is 20.8. The lowest BCUT2D eigenvalue weighted by Gasteiger charge is -2.35. The van der Waals surface area contributed by atoms with E-state index < -0.39 is 18.2 Å². The summed E-state index contributed by atoms with van der Waals surface area (Å²) in [6.07, 6.45) is -2.20. The summed E-state index contributed by atoms with van der Waals surface area (Å²) < 4.78 is 43.0. The van der Waals surface area contributed by atoms with E-state index in [0.717, 1.165) is 25.9 Å². The maximum atomic E-state index is 12.6. The van der Waals surface area contributed by atoms with Crippen molar-refractivity contribution in [2.45, 2.75) is 38.5 Å². The van der Waals surface area contributed by atoms with Crippen molar-refractivity contribution in [1.82, 2.24) is 4.90 Å². The number of ether oxygens (including phenoxy) is 1. The number of halogens is 3. The lowest BCUT2D eigenvalue weighted by atomic mass is 10.1. The van der Waals surface area contributed by atoms with Crippen LogP contribution in [0.2, 0.25) is 0 Å². The van der Waals surface area contributed by atoms with Gasteiger partial charge >= 0.3 is 12.1 Å². The summed E-state index contributed by atoms with van der Waals surface area (Å²) in [6, 6.07) is 4.14. The Hall–Kier alpha value is -2.29. The van der Waals surface area contributed by atoms with E-state index in [2.05, 4.69) is 4.90 Å². The molecule has 1 aromatic carbocycles. The average molecular weight is 385 g/mol. The first-order valence-electron chi connectivity index (χ1n) is 8.98. The molecule has 0 saturated carbocycles. The fraction of sp³-hybridized carbons (Fsp3) is 0.556. The standard InChI is InChI=1S/C18H22F3N3O3/c1-12-16(25)24(10-9-23-7-3-2-4-8-23)14-11-13(5-6-15(14)27-12)22-17(26)18(19,20)21/h5-6,11-12H,2-4,7-10H2,1H3,(H,22,26). The Morgan fingerprint density at radius 2 is 1.93 bits per heavy atom. The lowest BCUT2D eigenvalue weighted by molar-refractivity contribution is -0.167. The van der Waals surface area contributed by atoms with E-state index in [-0.39, 0.29) is 11.6 Å². The Kier molecular flexibility index (Phi) is 5.59. The molecule has 0 aliphatic carbocycles. The molecular weight excluding hydrogens is 363 g/mol. The van der Waals surface area contributed by atoms with Crippen LogP contribution in [0.4, 0.5) is 24.5 Å². The maximum Gasteiger partial charge on any atom is 0.471 e. The summed E-state index contributed by atoms with van der Waals surface area (Å²) in [5.74, 6) is -1.90. The van der Waals surface area contributed by atoms with Gasteiger partial charge in [0.25, 0.3) is 5.91 Å². The number of hydrogen-bond donors (Lipinski definition) is 1. The van der Waals surface area contributed by atoms with Crippen molar-refractivity contribution >= 4 is 23.2 Å². The minimum Gasteiger partial charge on any atom is -0.479 e. The topological polar surface area (TPSA) is 61.9 Å². The minimum atomic E-state index is -4.98. The van der Waals surface area contributed by atoms with Crippen molar-refractivity contribution in [2.75, 3.05) is 36.4 Å². The third-order valence-corrected chi connectivity index (χ3v) is 4.77. The molecule has 3 rings (SSSR count). The van der Waals surface area contributed by atoms with E-state index in [4.69, 9.17) is 4.74 Å². The van der Waals surface area contributed by atoms with Crippen LogP contribution in [0.5, 0.6) is 5.75 Å². The van der Waals surface area contributed by atoms with Gasteiger partial charge in [-0.1, -0.05) is 6.42 Å². The SMILES string of the molecule is CC1Oc2ccc(NC(=O)C(F)(F)F)cc2N(CCN2CCCCC2)C1=O. The van der Waals surface area contributed by atoms with Gasteiger partial charge in [-0.15, -0.1) is 0 Å². The van der Waals surface area contributed by atoms with Gasteiger partial charge in [-0.25, -0.2) is 0 Å². The number of nitrogens with one attached hydrogen (secondary N) is 1. The number of nitrogens with zero attached hydrogens (tertiary/aromatic N) is 2. The number of fused-ring (bicyclic) bond motifs is 1. The van der Waals surface area contributed by atoms with Gasteiger partial charge in [0.15, 0.2) is 6.10 Å². The van der Waals surface area contributed by atoms with Gasteiger partial charge in [0.05, 0.1) is 5.69 Å². The van der Waals surface area contributed by atoms with Crippen molar-refractivity contribution in [3.8, 4) is 5.75 Å². The molecule has 27 heavy (non-hydrogen) atoms. The number of hydrogen-bond acceptors (Lipinski definition) is 4. The fourth-order valence-corrected chi connectivity index (χ4v) is 3.34. The average Bonchev–Trinajstić information content (AvgIpc) is 2.62. The number of amides is 2. The molecule has 1 saturated heterocycles. The summed E-state index contributed by atoms with van der Waals surface area (Å²) in [5, 5.41) is 1.82. The first-order valence-corrected chi connectivity index (χ1v) is 8.98. The molecule has 2 aliphatic heterocycles. The zero-order valence-electron chi connectivity index (χ0n) is 15.0. The summed E-state index contributed by atoms with van der Waals surface area (Å²) in [5.41, 5.74) is 0.333. The number of carbonyl (C=O) groups excluding carboxylic acids is 2. The third-order valence-electron chi connectivity index (χ3n) is 4.77. The first kappa shape index (κ1) is 19.5. The van der Waals surface area contributed by atoms with Crippen LogP contribution in [0.1, 0.15) is 26.2 Å². The third kappa shape index (κ3) is 4.52. The van der Waals surface area contributed by atoms with Crippen LogP contribution in [0, 0.1) is 0 Å². The highest BCUT2D eigenvalue weighted by molar-refractivity contribution is 6.01. The second-order valence-corrected chi connectivity index (χ2v) is 6.79. The summed E-state index contributed by atoms with van der Waals surface area (Å²) in [6.45, 7) is 4.68. The maximum absolute atomic E-state index is 12.6. The Bertz CT molecular complexity index is 718. The van der Waals surface area contributed by atoms with E-state index in [1.165, 1.54) is 29.5 Å². The predicted molar refractivity (Wildman–Crippen MR) is 93.9 cm³/mol. The molecule has 1 aromatic rings. The molecule has 0 radical (unpaired) electrons. The van der Waals surface area contributed by atoms with Crippen molar-refractivity contribution in [3.05, 3.63) is 18.2 Å². The first-order chi connectivity index (χ1) is 12.8. The molecule has 0 bridgehead atoms.